The van der Waals surface area contributed by atoms with Crippen LogP contribution in [0.5, 0.6) is 11.6 Å². The first-order valence-electron chi connectivity index (χ1n) is 10.7. The fraction of sp³-hybridized carbons (Fsp3) is 0.160. The molecule has 36 heavy (non-hydrogen) atoms. The first-order chi connectivity index (χ1) is 17.3. The Kier molecular flexibility index (Phi) is 7.09. The zero-order valence-electron chi connectivity index (χ0n) is 19.3. The fourth-order valence-electron chi connectivity index (χ4n) is 3.62. The Bertz CT molecular complexity index is 1490. The van der Waals surface area contributed by atoms with Crippen molar-refractivity contribution in [3.05, 3.63) is 110 Å². The number of hydrogen-bond donors (Lipinski definition) is 1. The molecule has 0 aliphatic heterocycles. The van der Waals surface area contributed by atoms with Crippen LogP contribution in [-0.2, 0) is 13.1 Å². The molecule has 4 rings (SSSR count). The average molecular weight is 498 g/mol. The SMILES string of the molecule is COc1ccc(Nc2cc(=O)n(Cc3cccnc3OC)c(=O)n2Cc2cc(F)c(F)c(F)c2)cc1. The number of hydrogen-bond acceptors (Lipinski definition) is 6. The molecule has 0 saturated carbocycles. The third kappa shape index (κ3) is 5.09. The van der Waals surface area contributed by atoms with Crippen molar-refractivity contribution in [2.24, 2.45) is 0 Å². The molecular formula is C25H21F3N4O4. The number of rotatable bonds is 8. The molecular weight excluding hydrogens is 477 g/mol. The van der Waals surface area contributed by atoms with E-state index in [2.05, 4.69) is 10.3 Å². The molecule has 2 aromatic carbocycles. The Morgan fingerprint density at radius 3 is 2.22 bits per heavy atom. The molecule has 11 heteroatoms. The number of benzene rings is 2. The van der Waals surface area contributed by atoms with E-state index >= 15 is 0 Å². The quantitative estimate of drug-likeness (QED) is 0.373. The second kappa shape index (κ2) is 10.4. The Hall–Kier alpha value is -4.54. The van der Waals surface area contributed by atoms with Crippen molar-refractivity contribution < 1.29 is 22.6 Å². The summed E-state index contributed by atoms with van der Waals surface area (Å²) in [5.74, 6) is -3.51. The zero-order valence-corrected chi connectivity index (χ0v) is 19.3. The van der Waals surface area contributed by atoms with E-state index in [-0.39, 0.29) is 30.4 Å². The van der Waals surface area contributed by atoms with E-state index in [1.165, 1.54) is 26.5 Å². The number of aromatic nitrogens is 3. The largest absolute Gasteiger partial charge is 0.497 e. The average Bonchev–Trinajstić information content (AvgIpc) is 2.88. The summed E-state index contributed by atoms with van der Waals surface area (Å²) in [5, 5.41) is 2.98. The second-order valence-electron chi connectivity index (χ2n) is 7.72. The highest BCUT2D eigenvalue weighted by Crippen LogP contribution is 2.21. The molecule has 0 spiro atoms. The summed E-state index contributed by atoms with van der Waals surface area (Å²) in [5.41, 5.74) is -0.424. The maximum atomic E-state index is 13.9. The Labute approximate surface area is 203 Å². The molecule has 4 aromatic rings. The van der Waals surface area contributed by atoms with E-state index in [9.17, 15) is 22.8 Å². The van der Waals surface area contributed by atoms with Crippen LogP contribution in [0.1, 0.15) is 11.1 Å². The normalized spacial score (nSPS) is 10.8. The van der Waals surface area contributed by atoms with Gasteiger partial charge in [0.2, 0.25) is 5.88 Å². The molecule has 0 bridgehead atoms. The summed E-state index contributed by atoms with van der Waals surface area (Å²) in [6, 6.07) is 12.7. The molecule has 1 N–H and O–H groups in total. The van der Waals surface area contributed by atoms with Crippen LogP contribution < -0.4 is 26.0 Å². The van der Waals surface area contributed by atoms with Gasteiger partial charge in [0.15, 0.2) is 17.5 Å². The molecule has 0 atom stereocenters. The molecule has 186 valence electrons. The van der Waals surface area contributed by atoms with Crippen LogP contribution in [0.25, 0.3) is 0 Å². The monoisotopic (exact) mass is 498 g/mol. The van der Waals surface area contributed by atoms with Crippen LogP contribution in [0.2, 0.25) is 0 Å². The van der Waals surface area contributed by atoms with Crippen LogP contribution in [0.3, 0.4) is 0 Å². The number of pyridine rings is 1. The summed E-state index contributed by atoms with van der Waals surface area (Å²) in [6.07, 6.45) is 1.50. The first kappa shape index (κ1) is 24.6. The molecule has 2 aromatic heterocycles. The third-order valence-corrected chi connectivity index (χ3v) is 5.40. The Morgan fingerprint density at radius 1 is 0.889 bits per heavy atom. The van der Waals surface area contributed by atoms with Crippen molar-refractivity contribution >= 4 is 11.5 Å². The van der Waals surface area contributed by atoms with Gasteiger partial charge < -0.3 is 14.8 Å². The number of halogens is 3. The first-order valence-corrected chi connectivity index (χ1v) is 10.7. The lowest BCUT2D eigenvalue weighted by Gasteiger charge is -2.18. The highest BCUT2D eigenvalue weighted by atomic mass is 19.2. The van der Waals surface area contributed by atoms with Crippen LogP contribution in [0, 0.1) is 17.5 Å². The zero-order chi connectivity index (χ0) is 25.8. The van der Waals surface area contributed by atoms with Gasteiger partial charge in [-0.1, -0.05) is 6.07 Å². The smallest absolute Gasteiger partial charge is 0.333 e. The van der Waals surface area contributed by atoms with E-state index in [1.54, 1.807) is 36.4 Å². The van der Waals surface area contributed by atoms with Crippen LogP contribution in [-0.4, -0.2) is 28.3 Å². The van der Waals surface area contributed by atoms with Crippen molar-refractivity contribution in [2.75, 3.05) is 19.5 Å². The Morgan fingerprint density at radius 2 is 1.58 bits per heavy atom. The molecule has 0 aliphatic rings. The highest BCUT2D eigenvalue weighted by molar-refractivity contribution is 5.57. The van der Waals surface area contributed by atoms with Gasteiger partial charge in [0.05, 0.1) is 27.3 Å². The summed E-state index contributed by atoms with van der Waals surface area (Å²) < 4.78 is 53.6. The van der Waals surface area contributed by atoms with Crippen molar-refractivity contribution in [2.45, 2.75) is 13.1 Å². The lowest BCUT2D eigenvalue weighted by molar-refractivity contribution is 0.390. The van der Waals surface area contributed by atoms with Gasteiger partial charge >= 0.3 is 5.69 Å². The second-order valence-corrected chi connectivity index (χ2v) is 7.72. The van der Waals surface area contributed by atoms with E-state index in [0.29, 0.717) is 17.0 Å². The van der Waals surface area contributed by atoms with E-state index in [4.69, 9.17) is 9.47 Å². The van der Waals surface area contributed by atoms with E-state index < -0.39 is 28.7 Å². The maximum absolute atomic E-state index is 13.9. The summed E-state index contributed by atoms with van der Waals surface area (Å²) in [4.78, 5) is 30.5. The van der Waals surface area contributed by atoms with Gasteiger partial charge in [0.1, 0.15) is 11.6 Å². The number of nitrogens with one attached hydrogen (secondary N) is 1. The maximum Gasteiger partial charge on any atom is 0.333 e. The minimum Gasteiger partial charge on any atom is -0.497 e. The molecule has 0 radical (unpaired) electrons. The van der Waals surface area contributed by atoms with Gasteiger partial charge in [0, 0.05) is 23.5 Å². The van der Waals surface area contributed by atoms with Crippen molar-refractivity contribution in [3.63, 3.8) is 0 Å². The minimum atomic E-state index is -1.61. The predicted molar refractivity (Wildman–Crippen MR) is 127 cm³/mol. The summed E-state index contributed by atoms with van der Waals surface area (Å²) >= 11 is 0. The Balaban J connectivity index is 1.82. The molecule has 2 heterocycles. The van der Waals surface area contributed by atoms with Crippen molar-refractivity contribution in [3.8, 4) is 11.6 Å². The number of methoxy groups -OCH3 is 2. The van der Waals surface area contributed by atoms with Crippen LogP contribution in [0.4, 0.5) is 24.7 Å². The number of nitrogens with zero attached hydrogens (tertiary/aromatic N) is 3. The van der Waals surface area contributed by atoms with Crippen molar-refractivity contribution in [1.82, 2.24) is 14.1 Å². The standard InChI is InChI=1S/C25H21F3N4O4/c1-35-18-7-5-17(6-8-18)30-21-12-22(33)32(14-16-4-3-9-29-24(16)36-2)25(34)31(21)13-15-10-19(26)23(28)20(27)11-15/h3-12,30H,13-14H2,1-2H3. The molecule has 0 aliphatic carbocycles. The highest BCUT2D eigenvalue weighted by Gasteiger charge is 2.17. The van der Waals surface area contributed by atoms with Crippen LogP contribution in [0.15, 0.2) is 70.4 Å². The predicted octanol–water partition coefficient (Wildman–Crippen LogP) is 3.68. The van der Waals surface area contributed by atoms with E-state index in [1.807, 2.05) is 0 Å². The van der Waals surface area contributed by atoms with E-state index in [0.717, 1.165) is 21.3 Å². The molecule has 0 unspecified atom stereocenters. The topological polar surface area (TPSA) is 87.4 Å². The van der Waals surface area contributed by atoms with Gasteiger partial charge in [-0.15, -0.1) is 0 Å². The van der Waals surface area contributed by atoms with Crippen molar-refractivity contribution in [1.29, 1.82) is 0 Å². The number of anilines is 2. The third-order valence-electron chi connectivity index (χ3n) is 5.40. The summed E-state index contributed by atoms with van der Waals surface area (Å²) in [6.45, 7) is -0.514. The van der Waals surface area contributed by atoms with Crippen LogP contribution >= 0.6 is 0 Å². The number of ether oxygens (including phenoxy) is 2. The fourth-order valence-corrected chi connectivity index (χ4v) is 3.62. The lowest BCUT2D eigenvalue weighted by atomic mass is 10.2. The van der Waals surface area contributed by atoms with Gasteiger partial charge in [-0.05, 0) is 48.0 Å². The molecule has 0 saturated heterocycles. The molecule has 8 nitrogen and oxygen atoms in total. The molecule has 0 amide bonds. The molecule has 0 fully saturated rings. The van der Waals surface area contributed by atoms with Gasteiger partial charge in [0.25, 0.3) is 5.56 Å². The van der Waals surface area contributed by atoms with Gasteiger partial charge in [-0.2, -0.15) is 0 Å². The lowest BCUT2D eigenvalue weighted by Crippen LogP contribution is -2.40. The van der Waals surface area contributed by atoms with Gasteiger partial charge in [-0.25, -0.2) is 22.9 Å². The minimum absolute atomic E-state index is 0.0181. The summed E-state index contributed by atoms with van der Waals surface area (Å²) in [7, 11) is 2.92. The van der Waals surface area contributed by atoms with Gasteiger partial charge in [-0.3, -0.25) is 13.9 Å².